The van der Waals surface area contributed by atoms with Gasteiger partial charge in [-0.2, -0.15) is 0 Å². The van der Waals surface area contributed by atoms with E-state index in [-0.39, 0.29) is 11.1 Å². The van der Waals surface area contributed by atoms with Gasteiger partial charge in [0.25, 0.3) is 0 Å². The van der Waals surface area contributed by atoms with Crippen LogP contribution in [-0.2, 0) is 9.47 Å². The SMILES string of the molecule is CCCCOC(=O)c1ccccc1C(=O)OC(C)c1ccc(Cl)cc1Cl. The first-order valence-corrected chi connectivity index (χ1v) is 9.11. The minimum Gasteiger partial charge on any atom is -0.462 e. The van der Waals surface area contributed by atoms with Gasteiger partial charge in [0.1, 0.15) is 6.10 Å². The summed E-state index contributed by atoms with van der Waals surface area (Å²) in [4.78, 5) is 24.8. The minimum atomic E-state index is -0.619. The van der Waals surface area contributed by atoms with Crippen molar-refractivity contribution < 1.29 is 19.1 Å². The van der Waals surface area contributed by atoms with E-state index in [0.717, 1.165) is 12.8 Å². The van der Waals surface area contributed by atoms with Gasteiger partial charge in [0.2, 0.25) is 0 Å². The van der Waals surface area contributed by atoms with Crippen LogP contribution in [0.25, 0.3) is 0 Å². The summed E-state index contributed by atoms with van der Waals surface area (Å²) in [6.07, 6.45) is 1.08. The number of unbranched alkanes of at least 4 members (excludes halogenated alkanes) is 1. The Labute approximate surface area is 163 Å². The van der Waals surface area contributed by atoms with Crippen LogP contribution in [0.3, 0.4) is 0 Å². The van der Waals surface area contributed by atoms with E-state index in [4.69, 9.17) is 32.7 Å². The topological polar surface area (TPSA) is 52.6 Å². The third kappa shape index (κ3) is 5.23. The van der Waals surface area contributed by atoms with Crippen LogP contribution in [-0.4, -0.2) is 18.5 Å². The van der Waals surface area contributed by atoms with Crippen molar-refractivity contribution >= 4 is 35.1 Å². The molecule has 0 spiro atoms. The zero-order valence-corrected chi connectivity index (χ0v) is 16.1. The third-order valence-corrected chi connectivity index (χ3v) is 4.34. The van der Waals surface area contributed by atoms with Gasteiger partial charge >= 0.3 is 11.9 Å². The molecule has 0 amide bonds. The lowest BCUT2D eigenvalue weighted by atomic mass is 10.1. The number of benzene rings is 2. The Morgan fingerprint density at radius 2 is 1.69 bits per heavy atom. The molecule has 0 saturated heterocycles. The van der Waals surface area contributed by atoms with Crippen LogP contribution in [0.4, 0.5) is 0 Å². The van der Waals surface area contributed by atoms with Crippen molar-refractivity contribution in [2.75, 3.05) is 6.61 Å². The monoisotopic (exact) mass is 394 g/mol. The van der Waals surface area contributed by atoms with Crippen LogP contribution in [0, 0.1) is 0 Å². The van der Waals surface area contributed by atoms with Gasteiger partial charge in [0.05, 0.1) is 17.7 Å². The average molecular weight is 395 g/mol. The Hall–Kier alpha value is -2.04. The summed E-state index contributed by atoms with van der Waals surface area (Å²) in [6.45, 7) is 4.02. The molecule has 138 valence electrons. The lowest BCUT2D eigenvalue weighted by molar-refractivity contribution is 0.0325. The number of ether oxygens (including phenoxy) is 2. The number of rotatable bonds is 7. The van der Waals surface area contributed by atoms with Crippen LogP contribution < -0.4 is 0 Å². The molecular weight excluding hydrogens is 375 g/mol. The fourth-order valence-corrected chi connectivity index (χ4v) is 2.91. The number of carbonyl (C=O) groups is 2. The maximum atomic E-state index is 12.6. The predicted molar refractivity (Wildman–Crippen MR) is 102 cm³/mol. The molecule has 1 unspecified atom stereocenters. The highest BCUT2D eigenvalue weighted by molar-refractivity contribution is 6.35. The molecular formula is C20H20Cl2O4. The molecule has 0 N–H and O–H groups in total. The van der Waals surface area contributed by atoms with Crippen LogP contribution in [0.2, 0.25) is 10.0 Å². The van der Waals surface area contributed by atoms with Crippen molar-refractivity contribution in [2.24, 2.45) is 0 Å². The van der Waals surface area contributed by atoms with Crippen LogP contribution in [0.1, 0.15) is 59.1 Å². The van der Waals surface area contributed by atoms with E-state index in [1.165, 1.54) is 6.07 Å². The van der Waals surface area contributed by atoms with E-state index in [1.54, 1.807) is 43.3 Å². The van der Waals surface area contributed by atoms with E-state index in [1.807, 2.05) is 6.92 Å². The summed E-state index contributed by atoms with van der Waals surface area (Å²) in [5, 5.41) is 0.905. The first kappa shape index (κ1) is 20.3. The highest BCUT2D eigenvalue weighted by atomic mass is 35.5. The van der Waals surface area contributed by atoms with Gasteiger partial charge in [0.15, 0.2) is 0 Å². The molecule has 0 fully saturated rings. The smallest absolute Gasteiger partial charge is 0.339 e. The molecule has 0 saturated carbocycles. The Bertz CT molecular complexity index is 789. The maximum absolute atomic E-state index is 12.6. The van der Waals surface area contributed by atoms with Gasteiger partial charge in [-0.1, -0.05) is 54.7 Å². The summed E-state index contributed by atoms with van der Waals surface area (Å²) >= 11 is 12.0. The maximum Gasteiger partial charge on any atom is 0.339 e. The van der Waals surface area contributed by atoms with E-state index < -0.39 is 18.0 Å². The largest absolute Gasteiger partial charge is 0.462 e. The third-order valence-electron chi connectivity index (χ3n) is 3.78. The molecule has 0 bridgehead atoms. The van der Waals surface area contributed by atoms with Crippen LogP contribution in [0.5, 0.6) is 0 Å². The lowest BCUT2D eigenvalue weighted by Gasteiger charge is -2.16. The van der Waals surface area contributed by atoms with Crippen molar-refractivity contribution in [1.29, 1.82) is 0 Å². The Morgan fingerprint density at radius 1 is 1.04 bits per heavy atom. The predicted octanol–water partition coefficient (Wildman–Crippen LogP) is 5.87. The first-order chi connectivity index (χ1) is 12.4. The molecule has 0 aliphatic rings. The standard InChI is InChI=1S/C20H20Cl2O4/c1-3-4-11-25-19(23)16-7-5-6-8-17(16)20(24)26-13(2)15-10-9-14(21)12-18(15)22/h5-10,12-13H,3-4,11H2,1-2H3. The molecule has 2 aromatic carbocycles. The summed E-state index contributed by atoms with van der Waals surface area (Å²) < 4.78 is 10.7. The Morgan fingerprint density at radius 3 is 2.31 bits per heavy atom. The fourth-order valence-electron chi connectivity index (χ4n) is 2.34. The number of carbonyl (C=O) groups excluding carboxylic acids is 2. The fraction of sp³-hybridized carbons (Fsp3) is 0.300. The van der Waals surface area contributed by atoms with Crippen LogP contribution in [0.15, 0.2) is 42.5 Å². The quantitative estimate of drug-likeness (QED) is 0.435. The van der Waals surface area contributed by atoms with Gasteiger partial charge < -0.3 is 9.47 Å². The van der Waals surface area contributed by atoms with Crippen molar-refractivity contribution in [2.45, 2.75) is 32.8 Å². The highest BCUT2D eigenvalue weighted by Crippen LogP contribution is 2.29. The molecule has 2 aromatic rings. The van der Waals surface area contributed by atoms with Crippen LogP contribution >= 0.6 is 23.2 Å². The second-order valence-electron chi connectivity index (χ2n) is 5.75. The summed E-state index contributed by atoms with van der Waals surface area (Å²) in [7, 11) is 0. The second kappa shape index (κ2) is 9.60. The first-order valence-electron chi connectivity index (χ1n) is 8.36. The molecule has 0 aromatic heterocycles. The average Bonchev–Trinajstić information content (AvgIpc) is 2.61. The summed E-state index contributed by atoms with van der Waals surface area (Å²) in [5.41, 5.74) is 0.973. The Balaban J connectivity index is 2.15. The summed E-state index contributed by atoms with van der Waals surface area (Å²) in [6, 6.07) is 11.4. The normalized spacial score (nSPS) is 11.7. The van der Waals surface area contributed by atoms with E-state index in [0.29, 0.717) is 22.2 Å². The molecule has 0 aliphatic heterocycles. The van der Waals surface area contributed by atoms with Crippen molar-refractivity contribution in [1.82, 2.24) is 0 Å². The van der Waals surface area contributed by atoms with E-state index >= 15 is 0 Å². The zero-order valence-electron chi connectivity index (χ0n) is 14.6. The zero-order chi connectivity index (χ0) is 19.1. The Kier molecular flexibility index (Phi) is 7.49. The van der Waals surface area contributed by atoms with Gasteiger partial charge in [-0.3, -0.25) is 0 Å². The molecule has 6 heteroatoms. The van der Waals surface area contributed by atoms with E-state index in [9.17, 15) is 9.59 Å². The van der Waals surface area contributed by atoms with Crippen molar-refractivity contribution in [3.05, 3.63) is 69.2 Å². The number of hydrogen-bond donors (Lipinski definition) is 0. The van der Waals surface area contributed by atoms with E-state index in [2.05, 4.69) is 0 Å². The molecule has 26 heavy (non-hydrogen) atoms. The van der Waals surface area contributed by atoms with Gasteiger partial charge in [-0.15, -0.1) is 0 Å². The highest BCUT2D eigenvalue weighted by Gasteiger charge is 2.22. The number of hydrogen-bond acceptors (Lipinski definition) is 4. The molecule has 0 radical (unpaired) electrons. The van der Waals surface area contributed by atoms with Gasteiger partial charge in [-0.25, -0.2) is 9.59 Å². The van der Waals surface area contributed by atoms with Gasteiger partial charge in [0, 0.05) is 15.6 Å². The molecule has 4 nitrogen and oxygen atoms in total. The summed E-state index contributed by atoms with van der Waals surface area (Å²) in [5.74, 6) is -1.16. The minimum absolute atomic E-state index is 0.158. The van der Waals surface area contributed by atoms with Crippen molar-refractivity contribution in [3.63, 3.8) is 0 Å². The molecule has 0 aliphatic carbocycles. The molecule has 2 rings (SSSR count). The molecule has 0 heterocycles. The lowest BCUT2D eigenvalue weighted by Crippen LogP contribution is -2.16. The van der Waals surface area contributed by atoms with Gasteiger partial charge in [-0.05, 0) is 37.6 Å². The van der Waals surface area contributed by atoms with Crippen molar-refractivity contribution in [3.8, 4) is 0 Å². The second-order valence-corrected chi connectivity index (χ2v) is 6.59. The number of esters is 2. The number of halogens is 2. The molecule has 1 atom stereocenters.